The Labute approximate surface area is 246 Å². The zero-order chi connectivity index (χ0) is 29.6. The number of para-hydroxylation sites is 1. The molecule has 41 heavy (non-hydrogen) atoms. The number of hydrogen-bond acceptors (Lipinski definition) is 6. The lowest BCUT2D eigenvalue weighted by Gasteiger charge is -2.27. The average molecular weight is 621 g/mol. The number of carbonyl (C=O) groups excluding carboxylic acids is 2. The molecule has 0 radical (unpaired) electrons. The second-order valence-electron chi connectivity index (χ2n) is 9.28. The summed E-state index contributed by atoms with van der Waals surface area (Å²) < 4.78 is 27.8. The van der Waals surface area contributed by atoms with E-state index in [2.05, 4.69) is 20.9 Å². The number of sulfonamides is 1. The third-order valence-corrected chi connectivity index (χ3v) is 8.93. The monoisotopic (exact) mass is 619 g/mol. The molecule has 0 saturated carbocycles. The summed E-state index contributed by atoms with van der Waals surface area (Å²) in [4.78, 5) is 41.0. The van der Waals surface area contributed by atoms with Gasteiger partial charge in [0.15, 0.2) is 0 Å². The predicted octanol–water partition coefficient (Wildman–Crippen LogP) is 4.63. The number of carboxylic acid groups (broad SMARTS) is 1. The number of anilines is 2. The lowest BCUT2D eigenvalue weighted by molar-refractivity contribution is -0.139. The van der Waals surface area contributed by atoms with Crippen molar-refractivity contribution in [1.29, 1.82) is 0 Å². The van der Waals surface area contributed by atoms with Crippen molar-refractivity contribution in [3.8, 4) is 0 Å². The number of nitrogens with zero attached hydrogens (tertiary/aromatic N) is 2. The minimum atomic E-state index is -3.84. The number of halogens is 2. The Morgan fingerprint density at radius 1 is 0.927 bits per heavy atom. The lowest BCUT2D eigenvalue weighted by atomic mass is 10.1. The molecular weight excluding hydrogens is 593 g/mol. The number of amides is 3. The topological polar surface area (TPSA) is 158 Å². The van der Waals surface area contributed by atoms with E-state index in [1.165, 1.54) is 28.8 Å². The number of piperidine rings is 1. The zero-order valence-corrected chi connectivity index (χ0v) is 24.0. The van der Waals surface area contributed by atoms with Crippen LogP contribution in [0, 0.1) is 0 Å². The number of carboxylic acids is 1. The molecule has 1 saturated heterocycles. The van der Waals surface area contributed by atoms with Crippen LogP contribution in [0.15, 0.2) is 65.8 Å². The van der Waals surface area contributed by atoms with Gasteiger partial charge in [0.1, 0.15) is 10.9 Å². The maximum Gasteiger partial charge on any atom is 0.326 e. The second-order valence-corrected chi connectivity index (χ2v) is 12.0. The van der Waals surface area contributed by atoms with E-state index in [1.807, 2.05) is 0 Å². The highest BCUT2D eigenvalue weighted by molar-refractivity contribution is 7.89. The van der Waals surface area contributed by atoms with Crippen LogP contribution in [0.5, 0.6) is 0 Å². The van der Waals surface area contributed by atoms with E-state index < -0.39 is 34.0 Å². The van der Waals surface area contributed by atoms with Gasteiger partial charge < -0.3 is 21.1 Å². The molecule has 1 fully saturated rings. The Morgan fingerprint density at radius 3 is 2.20 bits per heavy atom. The van der Waals surface area contributed by atoms with Gasteiger partial charge in [0.05, 0.1) is 21.3 Å². The van der Waals surface area contributed by atoms with Crippen LogP contribution in [-0.4, -0.2) is 59.9 Å². The van der Waals surface area contributed by atoms with Crippen molar-refractivity contribution < 1.29 is 27.9 Å². The fourth-order valence-electron chi connectivity index (χ4n) is 4.34. The minimum absolute atomic E-state index is 0.0502. The quantitative estimate of drug-likeness (QED) is 0.272. The number of pyridine rings is 1. The van der Waals surface area contributed by atoms with Gasteiger partial charge in [-0.3, -0.25) is 9.78 Å². The van der Waals surface area contributed by atoms with Crippen LogP contribution in [0.4, 0.5) is 16.2 Å². The standard InChI is InChI=1S/C27H27Cl2N5O6S/c28-19-15-30-16-20(29)24(19)25(35)31-18-10-8-17(9-11-18)14-22(26(36)37)33-27(38)32-21-6-2-3-7-23(21)41(39,40)34-12-4-1-5-13-34/h2-3,6-11,15-16,22H,1,4-5,12-14H2,(H,31,35)(H,36,37)(H2,32,33,38). The summed E-state index contributed by atoms with van der Waals surface area (Å²) in [6.45, 7) is 0.801. The zero-order valence-electron chi connectivity index (χ0n) is 21.6. The lowest BCUT2D eigenvalue weighted by Crippen LogP contribution is -2.44. The van der Waals surface area contributed by atoms with Gasteiger partial charge in [-0.25, -0.2) is 18.0 Å². The van der Waals surface area contributed by atoms with Gasteiger partial charge in [0.25, 0.3) is 5.91 Å². The van der Waals surface area contributed by atoms with E-state index >= 15 is 0 Å². The molecule has 1 aromatic heterocycles. The van der Waals surface area contributed by atoms with Crippen LogP contribution >= 0.6 is 23.2 Å². The highest BCUT2D eigenvalue weighted by Crippen LogP contribution is 2.27. The molecule has 1 unspecified atom stereocenters. The maximum absolute atomic E-state index is 13.2. The van der Waals surface area contributed by atoms with Crippen LogP contribution in [0.25, 0.3) is 0 Å². The van der Waals surface area contributed by atoms with Gasteiger partial charge in [-0.15, -0.1) is 0 Å². The Bertz CT molecular complexity index is 1530. The molecule has 1 atom stereocenters. The van der Waals surface area contributed by atoms with Gasteiger partial charge in [-0.05, 0) is 42.7 Å². The molecule has 14 heteroatoms. The van der Waals surface area contributed by atoms with Crippen molar-refractivity contribution in [1.82, 2.24) is 14.6 Å². The number of carbonyl (C=O) groups is 3. The molecule has 0 aliphatic carbocycles. The largest absolute Gasteiger partial charge is 0.480 e. The minimum Gasteiger partial charge on any atom is -0.480 e. The molecule has 1 aliphatic rings. The number of benzene rings is 2. The van der Waals surface area contributed by atoms with E-state index in [0.29, 0.717) is 24.3 Å². The summed E-state index contributed by atoms with van der Waals surface area (Å²) in [5.41, 5.74) is 1.09. The number of hydrogen-bond donors (Lipinski definition) is 4. The number of aromatic nitrogens is 1. The smallest absolute Gasteiger partial charge is 0.326 e. The van der Waals surface area contributed by atoms with Crippen molar-refractivity contribution >= 4 is 62.5 Å². The summed E-state index contributed by atoms with van der Waals surface area (Å²) in [6.07, 6.45) is 5.00. The fraction of sp³-hybridized carbons (Fsp3) is 0.259. The first-order chi connectivity index (χ1) is 19.6. The van der Waals surface area contributed by atoms with Crippen LogP contribution in [-0.2, 0) is 21.2 Å². The van der Waals surface area contributed by atoms with Gasteiger partial charge in [0.2, 0.25) is 10.0 Å². The Kier molecular flexibility index (Phi) is 9.81. The van der Waals surface area contributed by atoms with E-state index in [1.54, 1.807) is 36.4 Å². The van der Waals surface area contributed by atoms with Crippen LogP contribution in [0.2, 0.25) is 10.0 Å². The third-order valence-electron chi connectivity index (χ3n) is 6.40. The van der Waals surface area contributed by atoms with E-state index in [9.17, 15) is 27.9 Å². The molecule has 4 N–H and O–H groups in total. The van der Waals surface area contributed by atoms with Crippen molar-refractivity contribution in [2.24, 2.45) is 0 Å². The van der Waals surface area contributed by atoms with E-state index in [0.717, 1.165) is 19.3 Å². The molecule has 4 rings (SSSR count). The summed E-state index contributed by atoms with van der Waals surface area (Å²) in [7, 11) is -3.84. The average Bonchev–Trinajstić information content (AvgIpc) is 2.94. The molecule has 216 valence electrons. The van der Waals surface area contributed by atoms with Crippen LogP contribution in [0.1, 0.15) is 35.2 Å². The first kappa shape index (κ1) is 30.3. The molecule has 2 heterocycles. The maximum atomic E-state index is 13.2. The number of urea groups is 1. The van der Waals surface area contributed by atoms with Crippen LogP contribution in [0.3, 0.4) is 0 Å². The highest BCUT2D eigenvalue weighted by Gasteiger charge is 2.29. The summed E-state index contributed by atoms with van der Waals surface area (Å²) >= 11 is 12.1. The molecule has 2 aromatic carbocycles. The molecule has 11 nitrogen and oxygen atoms in total. The molecular formula is C27H27Cl2N5O6S. The van der Waals surface area contributed by atoms with E-state index in [-0.39, 0.29) is 32.6 Å². The summed E-state index contributed by atoms with van der Waals surface area (Å²) in [6, 6.07) is 10.1. The van der Waals surface area contributed by atoms with Gasteiger partial charge in [0, 0.05) is 37.6 Å². The van der Waals surface area contributed by atoms with Crippen molar-refractivity contribution in [3.05, 3.63) is 82.1 Å². The Hall–Kier alpha value is -3.71. The second kappa shape index (κ2) is 13.3. The first-order valence-corrected chi connectivity index (χ1v) is 14.8. The normalized spacial score (nSPS) is 14.6. The Balaban J connectivity index is 1.41. The Morgan fingerprint density at radius 2 is 1.56 bits per heavy atom. The van der Waals surface area contributed by atoms with Crippen molar-refractivity contribution in [3.63, 3.8) is 0 Å². The molecule has 0 bridgehead atoms. The van der Waals surface area contributed by atoms with Gasteiger partial charge in [-0.1, -0.05) is 53.9 Å². The fourth-order valence-corrected chi connectivity index (χ4v) is 6.54. The third kappa shape index (κ3) is 7.53. The SMILES string of the molecule is O=C(Nc1ccccc1S(=O)(=O)N1CCCCC1)NC(Cc1ccc(NC(=O)c2c(Cl)cncc2Cl)cc1)C(=O)O. The number of nitrogens with one attached hydrogen (secondary N) is 3. The summed E-state index contributed by atoms with van der Waals surface area (Å²) in [5.74, 6) is -1.83. The molecule has 3 aromatic rings. The van der Waals surface area contributed by atoms with Gasteiger partial charge in [-0.2, -0.15) is 4.31 Å². The molecule has 3 amide bonds. The van der Waals surface area contributed by atoms with Crippen molar-refractivity contribution in [2.75, 3.05) is 23.7 Å². The predicted molar refractivity (Wildman–Crippen MR) is 155 cm³/mol. The van der Waals surface area contributed by atoms with Crippen LogP contribution < -0.4 is 16.0 Å². The highest BCUT2D eigenvalue weighted by atomic mass is 35.5. The number of rotatable bonds is 9. The first-order valence-electron chi connectivity index (χ1n) is 12.6. The summed E-state index contributed by atoms with van der Waals surface area (Å²) in [5, 5.41) is 17.4. The molecule has 0 spiro atoms. The number of aliphatic carboxylic acids is 1. The van der Waals surface area contributed by atoms with Crippen molar-refractivity contribution in [2.45, 2.75) is 36.6 Å². The van der Waals surface area contributed by atoms with Gasteiger partial charge >= 0.3 is 12.0 Å². The van der Waals surface area contributed by atoms with E-state index in [4.69, 9.17) is 23.2 Å². The molecule has 1 aliphatic heterocycles.